The van der Waals surface area contributed by atoms with E-state index in [4.69, 9.17) is 10.5 Å². The van der Waals surface area contributed by atoms with E-state index >= 15 is 0 Å². The molecule has 18 heavy (non-hydrogen) atoms. The Balaban J connectivity index is 0.00000289. The summed E-state index contributed by atoms with van der Waals surface area (Å²) in [6.45, 7) is 4.09. The molecule has 0 heterocycles. The van der Waals surface area contributed by atoms with Gasteiger partial charge < -0.3 is 10.5 Å². The Hall–Kier alpha value is -0.870. The van der Waals surface area contributed by atoms with E-state index in [-0.39, 0.29) is 23.7 Å². The van der Waals surface area contributed by atoms with E-state index in [1.165, 1.54) is 19.2 Å². The summed E-state index contributed by atoms with van der Waals surface area (Å²) in [5, 5.41) is 0. The molecule has 0 aromatic heterocycles. The van der Waals surface area contributed by atoms with Gasteiger partial charge in [0.05, 0.1) is 7.11 Å². The second-order valence-electron chi connectivity index (χ2n) is 4.55. The Kier molecular flexibility index (Phi) is 7.18. The highest BCUT2D eigenvalue weighted by molar-refractivity contribution is 5.85. The van der Waals surface area contributed by atoms with Crippen LogP contribution in [0.1, 0.15) is 38.3 Å². The molecule has 1 aromatic carbocycles. The van der Waals surface area contributed by atoms with Gasteiger partial charge in [0, 0.05) is 11.6 Å². The highest BCUT2D eigenvalue weighted by Crippen LogP contribution is 2.29. The number of methoxy groups -OCH3 is 1. The summed E-state index contributed by atoms with van der Waals surface area (Å²) >= 11 is 0. The number of rotatable bonds is 5. The lowest BCUT2D eigenvalue weighted by Crippen LogP contribution is -2.15. The van der Waals surface area contributed by atoms with Crippen molar-refractivity contribution in [1.29, 1.82) is 0 Å². The maximum atomic E-state index is 13.9. The van der Waals surface area contributed by atoms with Crippen LogP contribution in [0.4, 0.5) is 8.78 Å². The Labute approximate surface area is 113 Å². The molecule has 0 fully saturated rings. The monoisotopic (exact) mass is 279 g/mol. The van der Waals surface area contributed by atoms with Crippen LogP contribution in [0, 0.1) is 17.6 Å². The van der Waals surface area contributed by atoms with Crippen molar-refractivity contribution in [3.8, 4) is 5.75 Å². The molecule has 0 bridgehead atoms. The molecule has 104 valence electrons. The summed E-state index contributed by atoms with van der Waals surface area (Å²) in [5.41, 5.74) is 5.75. The van der Waals surface area contributed by atoms with Gasteiger partial charge in [0.1, 0.15) is 5.82 Å². The zero-order chi connectivity index (χ0) is 13.0. The predicted octanol–water partition coefficient (Wildman–Crippen LogP) is 3.83. The topological polar surface area (TPSA) is 35.2 Å². The van der Waals surface area contributed by atoms with Crippen molar-refractivity contribution < 1.29 is 13.5 Å². The Morgan fingerprint density at radius 1 is 1.22 bits per heavy atom. The normalized spacial score (nSPS) is 12.2. The first-order chi connectivity index (χ1) is 7.97. The summed E-state index contributed by atoms with van der Waals surface area (Å²) in [5.74, 6) is -0.817. The van der Waals surface area contributed by atoms with Gasteiger partial charge in [0.2, 0.25) is 0 Å². The third kappa shape index (κ3) is 4.10. The highest BCUT2D eigenvalue weighted by atomic mass is 35.5. The van der Waals surface area contributed by atoms with E-state index in [2.05, 4.69) is 0 Å². The van der Waals surface area contributed by atoms with Crippen LogP contribution in [-0.2, 0) is 0 Å². The lowest BCUT2D eigenvalue weighted by Gasteiger charge is -2.16. The quantitative estimate of drug-likeness (QED) is 0.889. The Morgan fingerprint density at radius 2 is 1.83 bits per heavy atom. The molecule has 1 atom stereocenters. The third-order valence-electron chi connectivity index (χ3n) is 2.74. The van der Waals surface area contributed by atoms with Crippen molar-refractivity contribution in [3.05, 3.63) is 29.3 Å². The van der Waals surface area contributed by atoms with Crippen LogP contribution in [-0.4, -0.2) is 7.11 Å². The number of nitrogens with two attached hydrogens (primary N) is 1. The molecular weight excluding hydrogens is 260 g/mol. The largest absolute Gasteiger partial charge is 0.494 e. The zero-order valence-electron chi connectivity index (χ0n) is 10.9. The molecule has 0 saturated carbocycles. The average molecular weight is 280 g/mol. The minimum absolute atomic E-state index is 0. The van der Waals surface area contributed by atoms with Crippen molar-refractivity contribution in [2.45, 2.75) is 32.7 Å². The van der Waals surface area contributed by atoms with Crippen LogP contribution in [0.15, 0.2) is 12.1 Å². The van der Waals surface area contributed by atoms with Crippen LogP contribution < -0.4 is 10.5 Å². The molecule has 5 heteroatoms. The van der Waals surface area contributed by atoms with Gasteiger partial charge in [-0.15, -0.1) is 12.4 Å². The van der Waals surface area contributed by atoms with Gasteiger partial charge in [0.25, 0.3) is 0 Å². The summed E-state index contributed by atoms with van der Waals surface area (Å²) in [6.07, 6.45) is 1.38. The molecule has 0 saturated heterocycles. The van der Waals surface area contributed by atoms with E-state index in [0.717, 1.165) is 6.42 Å². The average Bonchev–Trinajstić information content (AvgIpc) is 2.26. The summed E-state index contributed by atoms with van der Waals surface area (Å²) in [4.78, 5) is 0. The summed E-state index contributed by atoms with van der Waals surface area (Å²) < 4.78 is 32.2. The van der Waals surface area contributed by atoms with Crippen molar-refractivity contribution >= 4 is 12.4 Å². The molecule has 1 aromatic rings. The second-order valence-corrected chi connectivity index (χ2v) is 4.55. The molecule has 0 aliphatic heterocycles. The molecule has 2 N–H and O–H groups in total. The highest BCUT2D eigenvalue weighted by Gasteiger charge is 2.20. The van der Waals surface area contributed by atoms with Gasteiger partial charge in [-0.25, -0.2) is 8.78 Å². The van der Waals surface area contributed by atoms with Crippen LogP contribution in [0.5, 0.6) is 5.75 Å². The first-order valence-corrected chi connectivity index (χ1v) is 5.74. The lowest BCUT2D eigenvalue weighted by molar-refractivity contribution is 0.375. The smallest absolute Gasteiger partial charge is 0.172 e. The fourth-order valence-corrected chi connectivity index (χ4v) is 1.70. The molecule has 0 aliphatic carbocycles. The van der Waals surface area contributed by atoms with Crippen LogP contribution in [0.25, 0.3) is 0 Å². The van der Waals surface area contributed by atoms with Crippen molar-refractivity contribution in [2.24, 2.45) is 11.7 Å². The summed E-state index contributed by atoms with van der Waals surface area (Å²) in [7, 11) is 1.35. The number of halogens is 3. The molecule has 0 aliphatic rings. The maximum Gasteiger partial charge on any atom is 0.172 e. The molecular formula is C13H20ClF2NO. The van der Waals surface area contributed by atoms with E-state index < -0.39 is 17.7 Å². The SMILES string of the molecule is COc1ccc(F)c([C@@H](N)CCC(C)C)c1F.Cl. The Morgan fingerprint density at radius 3 is 2.33 bits per heavy atom. The molecule has 2 nitrogen and oxygen atoms in total. The lowest BCUT2D eigenvalue weighted by atomic mass is 9.97. The van der Waals surface area contributed by atoms with E-state index in [1.807, 2.05) is 13.8 Å². The molecule has 0 spiro atoms. The minimum atomic E-state index is -0.691. The number of ether oxygens (including phenoxy) is 1. The summed E-state index contributed by atoms with van der Waals surface area (Å²) in [6, 6.07) is 1.82. The van der Waals surface area contributed by atoms with Gasteiger partial charge in [0.15, 0.2) is 11.6 Å². The first-order valence-electron chi connectivity index (χ1n) is 5.74. The van der Waals surface area contributed by atoms with Crippen LogP contribution >= 0.6 is 12.4 Å². The first kappa shape index (κ1) is 17.1. The maximum absolute atomic E-state index is 13.9. The zero-order valence-corrected chi connectivity index (χ0v) is 11.7. The fraction of sp³-hybridized carbons (Fsp3) is 0.538. The van der Waals surface area contributed by atoms with Gasteiger partial charge in [-0.2, -0.15) is 0 Å². The molecule has 0 radical (unpaired) electrons. The van der Waals surface area contributed by atoms with Gasteiger partial charge in [-0.1, -0.05) is 13.8 Å². The minimum Gasteiger partial charge on any atom is -0.494 e. The fourth-order valence-electron chi connectivity index (χ4n) is 1.70. The number of benzene rings is 1. The van der Waals surface area contributed by atoms with Gasteiger partial charge >= 0.3 is 0 Å². The van der Waals surface area contributed by atoms with Gasteiger partial charge in [-0.05, 0) is 30.9 Å². The van der Waals surface area contributed by atoms with Crippen LogP contribution in [0.2, 0.25) is 0 Å². The van der Waals surface area contributed by atoms with Crippen LogP contribution in [0.3, 0.4) is 0 Å². The number of hydrogen-bond acceptors (Lipinski definition) is 2. The Bertz CT molecular complexity index is 385. The standard InChI is InChI=1S/C13H19F2NO.ClH/c1-8(2)4-6-10(16)12-9(14)5-7-11(17-3)13(12)15;/h5,7-8,10H,4,6,16H2,1-3H3;1H/t10-;/m0./s1. The predicted molar refractivity (Wildman–Crippen MR) is 71.2 cm³/mol. The third-order valence-corrected chi connectivity index (χ3v) is 2.74. The van der Waals surface area contributed by atoms with Crippen molar-refractivity contribution in [2.75, 3.05) is 7.11 Å². The molecule has 0 unspecified atom stereocenters. The van der Waals surface area contributed by atoms with Crippen molar-refractivity contribution in [3.63, 3.8) is 0 Å². The molecule has 1 rings (SSSR count). The number of hydrogen-bond donors (Lipinski definition) is 1. The molecule has 0 amide bonds. The van der Waals surface area contributed by atoms with Gasteiger partial charge in [-0.3, -0.25) is 0 Å². The van der Waals surface area contributed by atoms with E-state index in [9.17, 15) is 8.78 Å². The van der Waals surface area contributed by atoms with Crippen molar-refractivity contribution in [1.82, 2.24) is 0 Å². The van der Waals surface area contributed by atoms with E-state index in [1.54, 1.807) is 0 Å². The second kappa shape index (κ2) is 7.54. The van der Waals surface area contributed by atoms with E-state index in [0.29, 0.717) is 12.3 Å².